The summed E-state index contributed by atoms with van der Waals surface area (Å²) in [6.07, 6.45) is 3.53. The summed E-state index contributed by atoms with van der Waals surface area (Å²) in [4.78, 5) is 14.7. The van der Waals surface area contributed by atoms with Crippen LogP contribution in [0.1, 0.15) is 40.0 Å². The van der Waals surface area contributed by atoms with Gasteiger partial charge in [0.25, 0.3) is 5.91 Å². The number of carbonyl (C=O) groups excluding carboxylic acids is 1. The third-order valence-corrected chi connectivity index (χ3v) is 4.87. The van der Waals surface area contributed by atoms with Crippen molar-refractivity contribution >= 4 is 30.7 Å². The summed E-state index contributed by atoms with van der Waals surface area (Å²) >= 11 is 0. The quantitative estimate of drug-likeness (QED) is 0.776. The lowest BCUT2D eigenvalue weighted by Gasteiger charge is -2.43. The minimum Gasteiger partial charge on any atom is -0.366 e. The van der Waals surface area contributed by atoms with Gasteiger partial charge in [0.1, 0.15) is 6.10 Å². The molecule has 2 atom stereocenters. The Morgan fingerprint density at radius 3 is 2.74 bits per heavy atom. The number of ether oxygens (including phenoxy) is 1. The molecule has 0 spiro atoms. The van der Waals surface area contributed by atoms with Crippen LogP contribution in [-0.4, -0.2) is 61.8 Å². The van der Waals surface area contributed by atoms with Crippen LogP contribution in [0.2, 0.25) is 0 Å². The first-order valence-electron chi connectivity index (χ1n) is 8.38. The van der Waals surface area contributed by atoms with E-state index in [1.807, 2.05) is 0 Å². The molecule has 0 saturated carbocycles. The number of halogens is 2. The molecule has 2 unspecified atom stereocenters. The van der Waals surface area contributed by atoms with Gasteiger partial charge in [-0.1, -0.05) is 13.3 Å². The van der Waals surface area contributed by atoms with Crippen LogP contribution in [0.15, 0.2) is 0 Å². The zero-order valence-electron chi connectivity index (χ0n) is 14.6. The molecule has 5 nitrogen and oxygen atoms in total. The molecule has 0 aromatic heterocycles. The van der Waals surface area contributed by atoms with Crippen molar-refractivity contribution < 1.29 is 9.53 Å². The first-order valence-corrected chi connectivity index (χ1v) is 8.38. The molecular weight excluding hydrogens is 337 g/mol. The molecule has 0 radical (unpaired) electrons. The van der Waals surface area contributed by atoms with Gasteiger partial charge in [0.2, 0.25) is 0 Å². The summed E-state index contributed by atoms with van der Waals surface area (Å²) in [6, 6.07) is 0. The number of nitrogens with one attached hydrogen (secondary N) is 2. The van der Waals surface area contributed by atoms with E-state index in [1.54, 1.807) is 0 Å². The molecule has 2 aliphatic heterocycles. The Balaban J connectivity index is 0.00000242. The minimum atomic E-state index is -0.334. The molecule has 7 heteroatoms. The monoisotopic (exact) mass is 369 g/mol. The average Bonchev–Trinajstić information content (AvgIpc) is 2.53. The normalized spacial score (nSPS) is 25.9. The second kappa shape index (κ2) is 10.7. The summed E-state index contributed by atoms with van der Waals surface area (Å²) in [7, 11) is 0. The number of hydrogen-bond acceptors (Lipinski definition) is 4. The largest absolute Gasteiger partial charge is 0.366 e. The van der Waals surface area contributed by atoms with Gasteiger partial charge >= 0.3 is 0 Å². The van der Waals surface area contributed by atoms with E-state index in [0.29, 0.717) is 19.7 Å². The van der Waals surface area contributed by atoms with Gasteiger partial charge in [0.05, 0.1) is 6.61 Å². The van der Waals surface area contributed by atoms with Crippen LogP contribution in [-0.2, 0) is 9.53 Å². The Morgan fingerprint density at radius 2 is 2.13 bits per heavy atom. The molecule has 2 N–H and O–H groups in total. The maximum absolute atomic E-state index is 12.2. The molecule has 2 fully saturated rings. The predicted molar refractivity (Wildman–Crippen MR) is 98.8 cm³/mol. The molecule has 0 aromatic rings. The van der Waals surface area contributed by atoms with Gasteiger partial charge in [-0.2, -0.15) is 0 Å². The summed E-state index contributed by atoms with van der Waals surface area (Å²) in [5.74, 6) is 0.818. The predicted octanol–water partition coefficient (Wildman–Crippen LogP) is 1.84. The Hall–Kier alpha value is -0.0700. The zero-order valence-corrected chi connectivity index (χ0v) is 16.2. The first-order chi connectivity index (χ1) is 10.0. The fourth-order valence-corrected chi connectivity index (χ4v) is 3.21. The standard InChI is InChI=1S/C16H31N3O2.2ClH/c1-4-13-6-5-8-19(11-13)16(2,3)12-18-15(20)14-10-17-7-9-21-14;;/h13-14,17H,4-12H2,1-3H3,(H,18,20);2*1H. The summed E-state index contributed by atoms with van der Waals surface area (Å²) in [5.41, 5.74) is 0.00555. The summed E-state index contributed by atoms with van der Waals surface area (Å²) in [6.45, 7) is 11.8. The number of morpholine rings is 1. The fraction of sp³-hybridized carbons (Fsp3) is 0.938. The van der Waals surface area contributed by atoms with Crippen LogP contribution in [0.25, 0.3) is 0 Å². The van der Waals surface area contributed by atoms with Gasteiger partial charge in [-0.15, -0.1) is 24.8 Å². The molecule has 0 aliphatic carbocycles. The Morgan fingerprint density at radius 1 is 1.39 bits per heavy atom. The van der Waals surface area contributed by atoms with Crippen LogP contribution < -0.4 is 10.6 Å². The van der Waals surface area contributed by atoms with Crippen molar-refractivity contribution in [1.29, 1.82) is 0 Å². The van der Waals surface area contributed by atoms with Crippen molar-refractivity contribution in [2.75, 3.05) is 39.3 Å². The van der Waals surface area contributed by atoms with Crippen molar-refractivity contribution in [2.24, 2.45) is 5.92 Å². The van der Waals surface area contributed by atoms with E-state index in [-0.39, 0.29) is 42.4 Å². The summed E-state index contributed by atoms with van der Waals surface area (Å²) in [5, 5.41) is 6.27. The van der Waals surface area contributed by atoms with E-state index >= 15 is 0 Å². The first kappa shape index (κ1) is 22.9. The molecule has 1 amide bonds. The highest BCUT2D eigenvalue weighted by molar-refractivity contribution is 5.85. The van der Waals surface area contributed by atoms with E-state index in [4.69, 9.17) is 4.74 Å². The van der Waals surface area contributed by atoms with E-state index < -0.39 is 0 Å². The average molecular weight is 370 g/mol. The van der Waals surface area contributed by atoms with Crippen molar-refractivity contribution in [3.63, 3.8) is 0 Å². The number of amides is 1. The lowest BCUT2D eigenvalue weighted by atomic mass is 9.91. The third kappa shape index (κ3) is 6.75. The highest BCUT2D eigenvalue weighted by atomic mass is 35.5. The topological polar surface area (TPSA) is 53.6 Å². The van der Waals surface area contributed by atoms with Gasteiger partial charge in [0.15, 0.2) is 0 Å². The maximum Gasteiger partial charge on any atom is 0.250 e. The molecule has 138 valence electrons. The molecule has 2 saturated heterocycles. The Kier molecular flexibility index (Phi) is 10.7. The van der Waals surface area contributed by atoms with Crippen LogP contribution in [0.3, 0.4) is 0 Å². The Bertz CT molecular complexity index is 350. The highest BCUT2D eigenvalue weighted by Crippen LogP contribution is 2.25. The van der Waals surface area contributed by atoms with Crippen LogP contribution in [0.5, 0.6) is 0 Å². The van der Waals surface area contributed by atoms with Gasteiger partial charge in [-0.05, 0) is 39.2 Å². The number of piperidine rings is 1. The van der Waals surface area contributed by atoms with Crippen molar-refractivity contribution in [2.45, 2.75) is 51.7 Å². The molecule has 2 aliphatic rings. The molecule has 2 heterocycles. The Labute approximate surface area is 153 Å². The number of rotatable bonds is 5. The highest BCUT2D eigenvalue weighted by Gasteiger charge is 2.32. The SMILES string of the molecule is CCC1CCCN(C(C)(C)CNC(=O)C2CNCCO2)C1.Cl.Cl. The molecule has 23 heavy (non-hydrogen) atoms. The van der Waals surface area contributed by atoms with Crippen LogP contribution in [0.4, 0.5) is 0 Å². The van der Waals surface area contributed by atoms with E-state index in [9.17, 15) is 4.79 Å². The lowest BCUT2D eigenvalue weighted by molar-refractivity contribution is -0.134. The molecule has 2 rings (SSSR count). The molecule has 0 bridgehead atoms. The number of carbonyl (C=O) groups is 1. The number of likely N-dealkylation sites (tertiary alicyclic amines) is 1. The van der Waals surface area contributed by atoms with Crippen molar-refractivity contribution in [1.82, 2.24) is 15.5 Å². The molecular formula is C16H33Cl2N3O2. The smallest absolute Gasteiger partial charge is 0.250 e. The van der Waals surface area contributed by atoms with Crippen molar-refractivity contribution in [3.05, 3.63) is 0 Å². The van der Waals surface area contributed by atoms with Gasteiger partial charge in [0, 0.05) is 31.7 Å². The third-order valence-electron chi connectivity index (χ3n) is 4.87. The van der Waals surface area contributed by atoms with Crippen LogP contribution >= 0.6 is 24.8 Å². The second-order valence-corrected chi connectivity index (χ2v) is 6.96. The number of nitrogens with zero attached hydrogens (tertiary/aromatic N) is 1. The fourth-order valence-electron chi connectivity index (χ4n) is 3.21. The molecule has 0 aromatic carbocycles. The van der Waals surface area contributed by atoms with Gasteiger partial charge in [-0.25, -0.2) is 0 Å². The van der Waals surface area contributed by atoms with Crippen molar-refractivity contribution in [3.8, 4) is 0 Å². The van der Waals surface area contributed by atoms with E-state index in [2.05, 4.69) is 36.3 Å². The van der Waals surface area contributed by atoms with Crippen LogP contribution in [0, 0.1) is 5.92 Å². The number of hydrogen-bond donors (Lipinski definition) is 2. The maximum atomic E-state index is 12.2. The summed E-state index contributed by atoms with van der Waals surface area (Å²) < 4.78 is 5.50. The van der Waals surface area contributed by atoms with E-state index in [0.717, 1.165) is 25.6 Å². The van der Waals surface area contributed by atoms with Gasteiger partial charge < -0.3 is 15.4 Å². The zero-order chi connectivity index (χ0) is 15.3. The lowest BCUT2D eigenvalue weighted by Crippen LogP contribution is -2.57. The van der Waals surface area contributed by atoms with E-state index in [1.165, 1.54) is 19.3 Å². The second-order valence-electron chi connectivity index (χ2n) is 6.96. The van der Waals surface area contributed by atoms with Gasteiger partial charge in [-0.3, -0.25) is 9.69 Å². The minimum absolute atomic E-state index is 0.